The fourth-order valence-corrected chi connectivity index (χ4v) is 13.0. The molecule has 4 rings (SSSR count). The van der Waals surface area contributed by atoms with Gasteiger partial charge in [0.25, 0.3) is 0 Å². The van der Waals surface area contributed by atoms with Crippen LogP contribution in [0.5, 0.6) is 0 Å². The molecule has 8 unspecified atom stereocenters. The first kappa shape index (κ1) is 46.3. The van der Waals surface area contributed by atoms with Gasteiger partial charge in [0.05, 0.1) is 44.1 Å². The van der Waals surface area contributed by atoms with Crippen LogP contribution in [-0.4, -0.2) is 38.6 Å². The maximum absolute atomic E-state index is 6.80. The number of unbranched alkanes of at least 4 members (excludes halogenated alkanes) is 12. The van der Waals surface area contributed by atoms with E-state index in [0.717, 1.165) is 11.8 Å². The van der Waals surface area contributed by atoms with Crippen molar-refractivity contribution in [2.75, 3.05) is 26.4 Å². The lowest BCUT2D eigenvalue weighted by molar-refractivity contribution is -0.104. The van der Waals surface area contributed by atoms with Crippen LogP contribution in [0.25, 0.3) is 0 Å². The predicted octanol–water partition coefficient (Wildman–Crippen LogP) is 15.0. The van der Waals surface area contributed by atoms with Gasteiger partial charge in [0, 0.05) is 0 Å². The summed E-state index contributed by atoms with van der Waals surface area (Å²) in [7, 11) is -2.77. The lowest BCUT2D eigenvalue weighted by Gasteiger charge is -2.49. The highest BCUT2D eigenvalue weighted by Crippen LogP contribution is 2.58. The topological polar surface area (TPSA) is 55.4 Å². The lowest BCUT2D eigenvalue weighted by atomic mass is 9.63. The van der Waals surface area contributed by atoms with E-state index in [9.17, 15) is 0 Å². The number of hydrogen-bond acceptors (Lipinski definition) is 6. The molecule has 0 aromatic carbocycles. The highest BCUT2D eigenvalue weighted by atomic mass is 31.2. The van der Waals surface area contributed by atoms with Crippen LogP contribution in [0.2, 0.25) is 0 Å². The predicted molar refractivity (Wildman–Crippen MR) is 225 cm³/mol. The van der Waals surface area contributed by atoms with E-state index < -0.39 is 17.2 Å². The fraction of sp³-hybridized carbons (Fsp3) is 1.00. The molecular weight excluding hydrogens is 698 g/mol. The average Bonchev–Trinajstić information content (AvgIpc) is 3.10. The van der Waals surface area contributed by atoms with Crippen molar-refractivity contribution in [2.45, 2.75) is 210 Å². The van der Waals surface area contributed by atoms with Gasteiger partial charge >= 0.3 is 17.2 Å². The maximum Gasteiger partial charge on any atom is 0.332 e. The largest absolute Gasteiger partial charge is 0.332 e. The van der Waals surface area contributed by atoms with Gasteiger partial charge in [0.1, 0.15) is 0 Å². The minimum Gasteiger partial charge on any atom is -0.311 e. The normalized spacial score (nSPS) is 35.9. The lowest BCUT2D eigenvalue weighted by Crippen LogP contribution is -2.47. The van der Waals surface area contributed by atoms with Gasteiger partial charge in [-0.3, -0.25) is 0 Å². The molecule has 0 N–H and O–H groups in total. The standard InChI is InChI=1S/C45H86O6P2/c1-11-13-15-17-19-21-23-25-37-27-35(3)41(39(29-37)43(5,6)7)50-52-46-31-45(32-47-52)33-48-53(49-34-45)51-42-36(4)28-38(30-40(42)44(8,9)10)26-24-22-20-18-16-14-12-2/h35-42H,11-34H2,1-10H3. The molecule has 312 valence electrons. The summed E-state index contributed by atoms with van der Waals surface area (Å²) in [6.07, 6.45) is 27.5. The molecule has 4 fully saturated rings. The summed E-state index contributed by atoms with van der Waals surface area (Å²) in [6.45, 7) is 26.0. The quantitative estimate of drug-likeness (QED) is 0.0905. The molecule has 53 heavy (non-hydrogen) atoms. The molecule has 0 bridgehead atoms. The average molecular weight is 785 g/mol. The molecule has 2 saturated carbocycles. The van der Waals surface area contributed by atoms with Crippen LogP contribution in [0.4, 0.5) is 0 Å². The summed E-state index contributed by atoms with van der Waals surface area (Å²) < 4.78 is 39.2. The van der Waals surface area contributed by atoms with Gasteiger partial charge in [-0.05, 0) is 72.0 Å². The molecule has 0 aromatic heterocycles. The first-order chi connectivity index (χ1) is 25.2. The van der Waals surface area contributed by atoms with Crippen molar-refractivity contribution >= 4 is 17.2 Å². The Balaban J connectivity index is 1.20. The molecule has 0 amide bonds. The van der Waals surface area contributed by atoms with Gasteiger partial charge in [0.15, 0.2) is 0 Å². The molecule has 2 heterocycles. The molecule has 4 aliphatic rings. The Bertz CT molecular complexity index is 901. The molecule has 8 heteroatoms. The van der Waals surface area contributed by atoms with Crippen molar-refractivity contribution in [3.8, 4) is 0 Å². The minimum absolute atomic E-state index is 0.170. The fourth-order valence-electron chi connectivity index (χ4n) is 9.99. The van der Waals surface area contributed by atoms with Crippen molar-refractivity contribution in [3.05, 3.63) is 0 Å². The van der Waals surface area contributed by atoms with Gasteiger partial charge in [-0.1, -0.05) is 172 Å². The summed E-state index contributed by atoms with van der Waals surface area (Å²) in [6, 6.07) is 0. The van der Waals surface area contributed by atoms with Crippen LogP contribution >= 0.6 is 17.2 Å². The van der Waals surface area contributed by atoms with E-state index in [4.69, 9.17) is 27.1 Å². The first-order valence-corrected chi connectivity index (χ1v) is 24.9. The molecule has 0 radical (unpaired) electrons. The monoisotopic (exact) mass is 785 g/mol. The van der Waals surface area contributed by atoms with Gasteiger partial charge in [0.2, 0.25) is 0 Å². The molecule has 8 atom stereocenters. The summed E-state index contributed by atoms with van der Waals surface area (Å²) in [4.78, 5) is 0. The van der Waals surface area contributed by atoms with Crippen LogP contribution in [0, 0.1) is 51.8 Å². The molecular formula is C45H86O6P2. The second kappa shape index (κ2) is 22.7. The molecule has 6 nitrogen and oxygen atoms in total. The second-order valence-electron chi connectivity index (χ2n) is 20.6. The van der Waals surface area contributed by atoms with E-state index in [0.29, 0.717) is 50.1 Å². The summed E-state index contributed by atoms with van der Waals surface area (Å²) in [5, 5.41) is 0. The van der Waals surface area contributed by atoms with Crippen LogP contribution in [0.3, 0.4) is 0 Å². The van der Waals surface area contributed by atoms with E-state index >= 15 is 0 Å². The third kappa shape index (κ3) is 15.1. The Morgan fingerprint density at radius 2 is 0.811 bits per heavy atom. The Hall–Kier alpha value is 0.620. The number of hydrogen-bond donors (Lipinski definition) is 0. The van der Waals surface area contributed by atoms with Crippen molar-refractivity contribution in [1.29, 1.82) is 0 Å². The highest BCUT2D eigenvalue weighted by Gasteiger charge is 2.49. The van der Waals surface area contributed by atoms with Crippen molar-refractivity contribution < 1.29 is 27.1 Å². The third-order valence-corrected chi connectivity index (χ3v) is 15.7. The van der Waals surface area contributed by atoms with Crippen molar-refractivity contribution in [2.24, 2.45) is 51.8 Å². The van der Waals surface area contributed by atoms with E-state index in [-0.39, 0.29) is 28.5 Å². The Kier molecular flexibility index (Phi) is 19.8. The SMILES string of the molecule is CCCCCCCCCC1CC(C)C(OP2OCC3(CO2)COP(OC2C(C)CC(CCCCCCCCC)CC2C(C)(C)C)OC3)C(C(C)(C)C)C1. The van der Waals surface area contributed by atoms with Crippen molar-refractivity contribution in [1.82, 2.24) is 0 Å². The zero-order valence-corrected chi connectivity index (χ0v) is 38.2. The van der Waals surface area contributed by atoms with E-state index in [1.807, 2.05) is 0 Å². The second-order valence-corrected chi connectivity index (χ2v) is 22.9. The summed E-state index contributed by atoms with van der Waals surface area (Å²) in [5.74, 6) is 3.62. The molecule has 0 aromatic rings. The van der Waals surface area contributed by atoms with Crippen LogP contribution in [-0.2, 0) is 27.1 Å². The van der Waals surface area contributed by atoms with Gasteiger partial charge in [-0.25, -0.2) is 0 Å². The van der Waals surface area contributed by atoms with E-state index in [1.165, 1.54) is 128 Å². The van der Waals surface area contributed by atoms with Gasteiger partial charge in [-0.15, -0.1) is 0 Å². The van der Waals surface area contributed by atoms with Crippen LogP contribution < -0.4 is 0 Å². The Morgan fingerprint density at radius 1 is 0.491 bits per heavy atom. The first-order valence-electron chi connectivity index (χ1n) is 22.7. The molecule has 2 aliphatic heterocycles. The van der Waals surface area contributed by atoms with E-state index in [1.54, 1.807) is 0 Å². The molecule has 2 aliphatic carbocycles. The number of rotatable bonds is 20. The molecule has 1 spiro atoms. The minimum atomic E-state index is -1.38. The summed E-state index contributed by atoms with van der Waals surface area (Å²) >= 11 is 0. The zero-order valence-electron chi connectivity index (χ0n) is 36.4. The van der Waals surface area contributed by atoms with E-state index in [2.05, 4.69) is 69.2 Å². The summed E-state index contributed by atoms with van der Waals surface area (Å²) in [5.41, 5.74) is 0.0715. The smallest absolute Gasteiger partial charge is 0.311 e. The Labute approximate surface area is 331 Å². The molecule has 2 saturated heterocycles. The van der Waals surface area contributed by atoms with Crippen LogP contribution in [0.15, 0.2) is 0 Å². The van der Waals surface area contributed by atoms with Crippen LogP contribution in [0.1, 0.15) is 198 Å². The highest BCUT2D eigenvalue weighted by molar-refractivity contribution is 7.42. The van der Waals surface area contributed by atoms with Crippen molar-refractivity contribution in [3.63, 3.8) is 0 Å². The third-order valence-electron chi connectivity index (χ3n) is 13.5. The maximum atomic E-state index is 6.80. The Morgan fingerprint density at radius 3 is 1.13 bits per heavy atom. The van der Waals surface area contributed by atoms with Gasteiger partial charge < -0.3 is 27.1 Å². The van der Waals surface area contributed by atoms with Gasteiger partial charge in [-0.2, -0.15) is 0 Å². The zero-order chi connectivity index (χ0) is 38.5.